The Morgan fingerprint density at radius 1 is 1.59 bits per heavy atom. The molecule has 1 aromatic rings. The first-order chi connectivity index (χ1) is 8.22. The van der Waals surface area contributed by atoms with Crippen LogP contribution in [0.2, 0.25) is 0 Å². The van der Waals surface area contributed by atoms with Crippen LogP contribution >= 0.6 is 0 Å². The molecule has 0 radical (unpaired) electrons. The second-order valence-corrected chi connectivity index (χ2v) is 4.07. The number of carbonyl (C=O) groups excluding carboxylic acids is 1. The first kappa shape index (κ1) is 11.7. The van der Waals surface area contributed by atoms with Crippen molar-refractivity contribution < 1.29 is 4.79 Å². The van der Waals surface area contributed by atoms with Gasteiger partial charge < -0.3 is 15.5 Å². The van der Waals surface area contributed by atoms with Crippen molar-refractivity contribution in [2.75, 3.05) is 29.9 Å². The Labute approximate surface area is 101 Å². The Balaban J connectivity index is 2.20. The Bertz CT molecular complexity index is 407. The highest BCUT2D eigenvalue weighted by Crippen LogP contribution is 2.18. The van der Waals surface area contributed by atoms with E-state index in [2.05, 4.69) is 15.6 Å². The standard InChI is InChI=1S/C12H18N4O/c1-3-13-10-5-4-6-11(15-10)16-8-7-14-12(17)9(16)2/h4-6,9H,3,7-8H2,1-2H3,(H,13,15)(H,14,17). The van der Waals surface area contributed by atoms with E-state index in [1.54, 1.807) is 0 Å². The van der Waals surface area contributed by atoms with Crippen LogP contribution in [0.3, 0.4) is 0 Å². The molecule has 0 bridgehead atoms. The summed E-state index contributed by atoms with van der Waals surface area (Å²) in [6.45, 7) is 6.25. The van der Waals surface area contributed by atoms with E-state index in [-0.39, 0.29) is 11.9 Å². The number of nitrogens with zero attached hydrogens (tertiary/aromatic N) is 2. The van der Waals surface area contributed by atoms with E-state index in [1.807, 2.05) is 36.9 Å². The van der Waals surface area contributed by atoms with Crippen LogP contribution in [0.25, 0.3) is 0 Å². The van der Waals surface area contributed by atoms with Gasteiger partial charge in [-0.25, -0.2) is 4.98 Å². The summed E-state index contributed by atoms with van der Waals surface area (Å²) in [7, 11) is 0. The molecule has 2 N–H and O–H groups in total. The molecule has 92 valence electrons. The van der Waals surface area contributed by atoms with Gasteiger partial charge in [0.15, 0.2) is 0 Å². The van der Waals surface area contributed by atoms with Crippen molar-refractivity contribution in [2.24, 2.45) is 0 Å². The molecule has 2 rings (SSSR count). The maximum atomic E-state index is 11.6. The first-order valence-corrected chi connectivity index (χ1v) is 5.97. The molecule has 0 aromatic carbocycles. The molecule has 1 aliphatic rings. The van der Waals surface area contributed by atoms with Crippen molar-refractivity contribution in [3.05, 3.63) is 18.2 Å². The molecule has 1 fully saturated rings. The fraction of sp³-hybridized carbons (Fsp3) is 0.500. The third-order valence-corrected chi connectivity index (χ3v) is 2.89. The highest BCUT2D eigenvalue weighted by Gasteiger charge is 2.26. The lowest BCUT2D eigenvalue weighted by Crippen LogP contribution is -2.54. The summed E-state index contributed by atoms with van der Waals surface area (Å²) in [5.74, 6) is 1.76. The van der Waals surface area contributed by atoms with Crippen molar-refractivity contribution >= 4 is 17.5 Å². The zero-order valence-corrected chi connectivity index (χ0v) is 10.2. The van der Waals surface area contributed by atoms with Crippen LogP contribution < -0.4 is 15.5 Å². The molecule has 17 heavy (non-hydrogen) atoms. The second kappa shape index (κ2) is 5.03. The van der Waals surface area contributed by atoms with Gasteiger partial charge in [-0.15, -0.1) is 0 Å². The van der Waals surface area contributed by atoms with Gasteiger partial charge >= 0.3 is 0 Å². The van der Waals surface area contributed by atoms with E-state index in [4.69, 9.17) is 0 Å². The number of hydrogen-bond donors (Lipinski definition) is 2. The molecule has 1 aromatic heterocycles. The molecular formula is C12H18N4O. The van der Waals surface area contributed by atoms with E-state index < -0.39 is 0 Å². The predicted molar refractivity (Wildman–Crippen MR) is 68.2 cm³/mol. The van der Waals surface area contributed by atoms with Gasteiger partial charge in [-0.2, -0.15) is 0 Å². The molecule has 5 nitrogen and oxygen atoms in total. The number of pyridine rings is 1. The molecule has 2 heterocycles. The third-order valence-electron chi connectivity index (χ3n) is 2.89. The maximum Gasteiger partial charge on any atom is 0.242 e. The fourth-order valence-corrected chi connectivity index (χ4v) is 1.96. The molecule has 0 aliphatic carbocycles. The summed E-state index contributed by atoms with van der Waals surface area (Å²) in [6.07, 6.45) is 0. The highest BCUT2D eigenvalue weighted by atomic mass is 16.2. The van der Waals surface area contributed by atoms with Crippen LogP contribution in [0.1, 0.15) is 13.8 Å². The average Bonchev–Trinajstić information content (AvgIpc) is 2.33. The number of hydrogen-bond acceptors (Lipinski definition) is 4. The number of aromatic nitrogens is 1. The number of rotatable bonds is 3. The zero-order valence-electron chi connectivity index (χ0n) is 10.2. The molecule has 1 saturated heterocycles. The van der Waals surface area contributed by atoms with Gasteiger partial charge in [0.2, 0.25) is 5.91 Å². The lowest BCUT2D eigenvalue weighted by molar-refractivity contribution is -0.122. The second-order valence-electron chi connectivity index (χ2n) is 4.07. The summed E-state index contributed by atoms with van der Waals surface area (Å²) < 4.78 is 0. The molecule has 1 aliphatic heterocycles. The number of amides is 1. The minimum Gasteiger partial charge on any atom is -0.370 e. The van der Waals surface area contributed by atoms with Crippen LogP contribution in [0.4, 0.5) is 11.6 Å². The topological polar surface area (TPSA) is 57.3 Å². The molecule has 0 saturated carbocycles. The van der Waals surface area contributed by atoms with Crippen LogP contribution in [0.5, 0.6) is 0 Å². The third kappa shape index (κ3) is 2.49. The van der Waals surface area contributed by atoms with Crippen LogP contribution in [-0.2, 0) is 4.79 Å². The Kier molecular flexibility index (Phi) is 3.46. The van der Waals surface area contributed by atoms with Gasteiger partial charge in [0.05, 0.1) is 0 Å². The Morgan fingerprint density at radius 2 is 2.41 bits per heavy atom. The molecular weight excluding hydrogens is 216 g/mol. The zero-order chi connectivity index (χ0) is 12.3. The van der Waals surface area contributed by atoms with E-state index in [9.17, 15) is 4.79 Å². The maximum absolute atomic E-state index is 11.6. The lowest BCUT2D eigenvalue weighted by Gasteiger charge is -2.33. The first-order valence-electron chi connectivity index (χ1n) is 5.97. The van der Waals surface area contributed by atoms with Gasteiger partial charge in [0.25, 0.3) is 0 Å². The lowest BCUT2D eigenvalue weighted by atomic mass is 10.2. The van der Waals surface area contributed by atoms with Crippen LogP contribution in [0, 0.1) is 0 Å². The average molecular weight is 234 g/mol. The van der Waals surface area contributed by atoms with Crippen LogP contribution in [0.15, 0.2) is 18.2 Å². The summed E-state index contributed by atoms with van der Waals surface area (Å²) >= 11 is 0. The van der Waals surface area contributed by atoms with Gasteiger partial charge in [-0.3, -0.25) is 4.79 Å². The number of anilines is 2. The van der Waals surface area contributed by atoms with E-state index in [0.717, 1.165) is 24.7 Å². The fourth-order valence-electron chi connectivity index (χ4n) is 1.96. The number of carbonyl (C=O) groups is 1. The predicted octanol–water partition coefficient (Wildman–Crippen LogP) is 0.838. The van der Waals surface area contributed by atoms with Crippen molar-refractivity contribution in [3.8, 4) is 0 Å². The van der Waals surface area contributed by atoms with E-state index in [0.29, 0.717) is 6.54 Å². The van der Waals surface area contributed by atoms with Gasteiger partial charge in [-0.05, 0) is 26.0 Å². The van der Waals surface area contributed by atoms with Gasteiger partial charge in [0, 0.05) is 19.6 Å². The largest absolute Gasteiger partial charge is 0.370 e. The monoisotopic (exact) mass is 234 g/mol. The highest BCUT2D eigenvalue weighted by molar-refractivity contribution is 5.85. The normalized spacial score (nSPS) is 20.0. The molecule has 0 spiro atoms. The smallest absolute Gasteiger partial charge is 0.242 e. The van der Waals surface area contributed by atoms with Crippen molar-refractivity contribution in [2.45, 2.75) is 19.9 Å². The molecule has 1 unspecified atom stereocenters. The minimum atomic E-state index is -0.159. The molecule has 1 atom stereocenters. The minimum absolute atomic E-state index is 0.0619. The summed E-state index contributed by atoms with van der Waals surface area (Å²) in [5.41, 5.74) is 0. The summed E-state index contributed by atoms with van der Waals surface area (Å²) in [4.78, 5) is 18.1. The SMILES string of the molecule is CCNc1cccc(N2CCNC(=O)C2C)n1. The molecule has 1 amide bonds. The van der Waals surface area contributed by atoms with Gasteiger partial charge in [0.1, 0.15) is 17.7 Å². The number of piperazine rings is 1. The van der Waals surface area contributed by atoms with Crippen molar-refractivity contribution in [1.82, 2.24) is 10.3 Å². The van der Waals surface area contributed by atoms with Crippen molar-refractivity contribution in [3.63, 3.8) is 0 Å². The van der Waals surface area contributed by atoms with Gasteiger partial charge in [-0.1, -0.05) is 6.07 Å². The van der Waals surface area contributed by atoms with Crippen molar-refractivity contribution in [1.29, 1.82) is 0 Å². The summed E-state index contributed by atoms with van der Waals surface area (Å²) in [6, 6.07) is 5.67. The van der Waals surface area contributed by atoms with E-state index in [1.165, 1.54) is 0 Å². The van der Waals surface area contributed by atoms with E-state index >= 15 is 0 Å². The summed E-state index contributed by atoms with van der Waals surface area (Å²) in [5, 5.41) is 6.02. The quantitative estimate of drug-likeness (QED) is 0.813. The Hall–Kier alpha value is -1.78. The van der Waals surface area contributed by atoms with Crippen LogP contribution in [-0.4, -0.2) is 36.6 Å². The Morgan fingerprint density at radius 3 is 3.18 bits per heavy atom. The molecule has 5 heteroatoms. The number of nitrogens with one attached hydrogen (secondary N) is 2.